The van der Waals surface area contributed by atoms with Crippen LogP contribution in [0.5, 0.6) is 0 Å². The van der Waals surface area contributed by atoms with Gasteiger partial charge in [-0.2, -0.15) is 11.8 Å². The molecular weight excluding hydrogens is 203 g/mol. The molecule has 2 N–H and O–H groups in total. The van der Waals surface area contributed by atoms with Gasteiger partial charge in [0.05, 0.1) is 12.7 Å². The standard InChI is InChI=1S/C10H13FO2S/c11-10-4-2-1-3-8(10)6-14-7-9(13)5-12/h1-4,9,12-13H,5-7H2/t9-/m0/s1. The lowest BCUT2D eigenvalue weighted by Gasteiger charge is -2.06. The zero-order valence-corrected chi connectivity index (χ0v) is 8.51. The van der Waals surface area contributed by atoms with Crippen molar-refractivity contribution in [2.75, 3.05) is 12.4 Å². The van der Waals surface area contributed by atoms with Gasteiger partial charge in [0.25, 0.3) is 0 Å². The fourth-order valence-electron chi connectivity index (χ4n) is 0.973. The quantitative estimate of drug-likeness (QED) is 0.782. The van der Waals surface area contributed by atoms with E-state index >= 15 is 0 Å². The van der Waals surface area contributed by atoms with E-state index in [1.165, 1.54) is 17.8 Å². The summed E-state index contributed by atoms with van der Waals surface area (Å²) in [6.07, 6.45) is -0.716. The summed E-state index contributed by atoms with van der Waals surface area (Å²) >= 11 is 1.40. The minimum absolute atomic E-state index is 0.224. The molecule has 1 atom stereocenters. The maximum atomic E-state index is 13.1. The van der Waals surface area contributed by atoms with Crippen molar-refractivity contribution in [2.45, 2.75) is 11.9 Å². The number of thioether (sulfide) groups is 1. The van der Waals surface area contributed by atoms with Crippen molar-refractivity contribution in [3.8, 4) is 0 Å². The highest BCUT2D eigenvalue weighted by Gasteiger charge is 2.04. The summed E-state index contributed by atoms with van der Waals surface area (Å²) in [5.74, 6) is 0.715. The Morgan fingerprint density at radius 2 is 2.07 bits per heavy atom. The summed E-state index contributed by atoms with van der Waals surface area (Å²) in [6.45, 7) is -0.246. The van der Waals surface area contributed by atoms with E-state index in [-0.39, 0.29) is 12.4 Å². The molecule has 0 saturated carbocycles. The third kappa shape index (κ3) is 3.65. The highest BCUT2D eigenvalue weighted by atomic mass is 32.2. The van der Waals surface area contributed by atoms with Crippen molar-refractivity contribution < 1.29 is 14.6 Å². The van der Waals surface area contributed by atoms with Gasteiger partial charge in [0.1, 0.15) is 5.82 Å². The van der Waals surface area contributed by atoms with Crippen molar-refractivity contribution in [3.05, 3.63) is 35.6 Å². The Bertz CT molecular complexity index is 281. The minimum atomic E-state index is -0.716. The van der Waals surface area contributed by atoms with Gasteiger partial charge in [0, 0.05) is 11.5 Å². The Morgan fingerprint density at radius 1 is 1.36 bits per heavy atom. The van der Waals surface area contributed by atoms with Crippen molar-refractivity contribution in [3.63, 3.8) is 0 Å². The smallest absolute Gasteiger partial charge is 0.127 e. The first-order chi connectivity index (χ1) is 6.74. The number of hydrogen-bond acceptors (Lipinski definition) is 3. The molecule has 0 heterocycles. The highest BCUT2D eigenvalue weighted by molar-refractivity contribution is 7.98. The molecule has 4 heteroatoms. The second-order valence-electron chi connectivity index (χ2n) is 2.94. The molecule has 0 aliphatic carbocycles. The molecule has 0 fully saturated rings. The lowest BCUT2D eigenvalue weighted by Crippen LogP contribution is -2.14. The van der Waals surface area contributed by atoms with Crippen molar-refractivity contribution in [1.82, 2.24) is 0 Å². The van der Waals surface area contributed by atoms with E-state index in [9.17, 15) is 4.39 Å². The van der Waals surface area contributed by atoms with E-state index in [0.717, 1.165) is 0 Å². The molecule has 78 valence electrons. The van der Waals surface area contributed by atoms with Crippen LogP contribution in [0.4, 0.5) is 4.39 Å². The van der Waals surface area contributed by atoms with E-state index in [0.29, 0.717) is 17.1 Å². The van der Waals surface area contributed by atoms with Crippen LogP contribution < -0.4 is 0 Å². The van der Waals surface area contributed by atoms with Gasteiger partial charge in [-0.05, 0) is 11.6 Å². The first-order valence-corrected chi connectivity index (χ1v) is 5.49. The molecule has 2 nitrogen and oxygen atoms in total. The zero-order valence-electron chi connectivity index (χ0n) is 7.69. The monoisotopic (exact) mass is 216 g/mol. The molecule has 0 unspecified atom stereocenters. The van der Waals surface area contributed by atoms with Gasteiger partial charge in [0.2, 0.25) is 0 Å². The Hall–Kier alpha value is -0.580. The molecule has 0 aliphatic heterocycles. The van der Waals surface area contributed by atoms with Crippen LogP contribution in [0.25, 0.3) is 0 Å². The molecule has 0 saturated heterocycles. The summed E-state index contributed by atoms with van der Waals surface area (Å²) in [4.78, 5) is 0. The Balaban J connectivity index is 2.35. The summed E-state index contributed by atoms with van der Waals surface area (Å²) in [6, 6.07) is 6.56. The maximum Gasteiger partial charge on any atom is 0.127 e. The molecule has 0 spiro atoms. The van der Waals surface area contributed by atoms with Crippen LogP contribution in [0.3, 0.4) is 0 Å². The lowest BCUT2D eigenvalue weighted by molar-refractivity contribution is 0.113. The van der Waals surface area contributed by atoms with Gasteiger partial charge in [-0.3, -0.25) is 0 Å². The van der Waals surface area contributed by atoms with E-state index < -0.39 is 6.10 Å². The van der Waals surface area contributed by atoms with E-state index in [1.54, 1.807) is 18.2 Å². The number of hydrogen-bond donors (Lipinski definition) is 2. The number of halogens is 1. The molecule has 0 radical (unpaired) electrons. The van der Waals surface area contributed by atoms with Crippen LogP contribution in [-0.4, -0.2) is 28.7 Å². The summed E-state index contributed by atoms with van der Waals surface area (Å²) in [5, 5.41) is 17.6. The molecule has 0 aliphatic rings. The SMILES string of the molecule is OC[C@H](O)CSCc1ccccc1F. The third-order valence-corrected chi connectivity index (χ3v) is 2.87. The second-order valence-corrected chi connectivity index (χ2v) is 3.97. The average molecular weight is 216 g/mol. The number of aliphatic hydroxyl groups is 2. The van der Waals surface area contributed by atoms with Crippen LogP contribution >= 0.6 is 11.8 Å². The second kappa shape index (κ2) is 6.01. The first-order valence-electron chi connectivity index (χ1n) is 4.34. The topological polar surface area (TPSA) is 40.5 Å². The molecule has 0 bridgehead atoms. The van der Waals surface area contributed by atoms with Gasteiger partial charge in [0.15, 0.2) is 0 Å². The van der Waals surface area contributed by atoms with Crippen molar-refractivity contribution in [2.24, 2.45) is 0 Å². The first kappa shape index (κ1) is 11.5. The Kier molecular flexibility index (Phi) is 4.93. The molecular formula is C10H13FO2S. The van der Waals surface area contributed by atoms with E-state index in [1.807, 2.05) is 0 Å². The molecule has 1 rings (SSSR count). The molecule has 0 amide bonds. The van der Waals surface area contributed by atoms with Crippen LogP contribution in [0, 0.1) is 5.82 Å². The number of aliphatic hydroxyl groups excluding tert-OH is 2. The number of benzene rings is 1. The zero-order chi connectivity index (χ0) is 10.4. The normalized spacial score (nSPS) is 12.8. The van der Waals surface area contributed by atoms with Crippen LogP contribution in [0.1, 0.15) is 5.56 Å². The summed E-state index contributed by atoms with van der Waals surface area (Å²) < 4.78 is 13.1. The fraction of sp³-hybridized carbons (Fsp3) is 0.400. The highest BCUT2D eigenvalue weighted by Crippen LogP contribution is 2.15. The largest absolute Gasteiger partial charge is 0.394 e. The maximum absolute atomic E-state index is 13.1. The van der Waals surface area contributed by atoms with Gasteiger partial charge < -0.3 is 10.2 Å². The van der Waals surface area contributed by atoms with E-state index in [2.05, 4.69) is 0 Å². The van der Waals surface area contributed by atoms with Gasteiger partial charge in [-0.15, -0.1) is 0 Å². The summed E-state index contributed by atoms with van der Waals surface area (Å²) in [5.41, 5.74) is 0.627. The van der Waals surface area contributed by atoms with Crippen LogP contribution in [0.15, 0.2) is 24.3 Å². The van der Waals surface area contributed by atoms with Crippen LogP contribution in [-0.2, 0) is 5.75 Å². The average Bonchev–Trinajstić information content (AvgIpc) is 2.20. The third-order valence-electron chi connectivity index (χ3n) is 1.74. The van der Waals surface area contributed by atoms with Gasteiger partial charge in [-0.1, -0.05) is 18.2 Å². The van der Waals surface area contributed by atoms with E-state index in [4.69, 9.17) is 10.2 Å². The minimum Gasteiger partial charge on any atom is -0.394 e. The fourth-order valence-corrected chi connectivity index (χ4v) is 1.92. The predicted molar refractivity (Wildman–Crippen MR) is 55.7 cm³/mol. The van der Waals surface area contributed by atoms with Crippen molar-refractivity contribution in [1.29, 1.82) is 0 Å². The van der Waals surface area contributed by atoms with Crippen LogP contribution in [0.2, 0.25) is 0 Å². The van der Waals surface area contributed by atoms with Crippen molar-refractivity contribution >= 4 is 11.8 Å². The predicted octanol–water partition coefficient (Wildman–Crippen LogP) is 1.41. The summed E-state index contributed by atoms with van der Waals surface area (Å²) in [7, 11) is 0. The Labute approximate surface area is 86.8 Å². The molecule has 1 aromatic rings. The number of rotatable bonds is 5. The Morgan fingerprint density at radius 3 is 2.71 bits per heavy atom. The molecule has 14 heavy (non-hydrogen) atoms. The lowest BCUT2D eigenvalue weighted by atomic mass is 10.2. The van der Waals surface area contributed by atoms with Gasteiger partial charge >= 0.3 is 0 Å². The van der Waals surface area contributed by atoms with Gasteiger partial charge in [-0.25, -0.2) is 4.39 Å². The molecule has 0 aromatic heterocycles. The molecule has 1 aromatic carbocycles.